The lowest BCUT2D eigenvalue weighted by Gasteiger charge is -2.13. The molecular weight excluding hydrogens is 446 g/mol. The SMILES string of the molecule is COc1cc(/C=C2\SC(=O)N(Cc3ccc(Br)cc3)C2=O)cc(OC)c1OC. The molecule has 8 heteroatoms. The van der Waals surface area contributed by atoms with Crippen LogP contribution in [0, 0.1) is 0 Å². The van der Waals surface area contributed by atoms with Crippen molar-refractivity contribution in [2.45, 2.75) is 6.54 Å². The van der Waals surface area contributed by atoms with Crippen molar-refractivity contribution in [3.05, 3.63) is 56.9 Å². The molecule has 0 unspecified atom stereocenters. The Labute approximate surface area is 175 Å². The third-order valence-electron chi connectivity index (χ3n) is 4.11. The van der Waals surface area contributed by atoms with E-state index in [1.807, 2.05) is 24.3 Å². The average Bonchev–Trinajstić information content (AvgIpc) is 2.96. The van der Waals surface area contributed by atoms with Crippen molar-refractivity contribution in [3.63, 3.8) is 0 Å². The van der Waals surface area contributed by atoms with Gasteiger partial charge in [-0.15, -0.1) is 0 Å². The smallest absolute Gasteiger partial charge is 0.293 e. The van der Waals surface area contributed by atoms with Crippen LogP contribution in [0.1, 0.15) is 11.1 Å². The molecule has 1 fully saturated rings. The molecule has 146 valence electrons. The molecule has 6 nitrogen and oxygen atoms in total. The van der Waals surface area contributed by atoms with Crippen LogP contribution in [0.3, 0.4) is 0 Å². The first-order valence-corrected chi connectivity index (χ1v) is 9.87. The molecule has 2 amide bonds. The fraction of sp³-hybridized carbons (Fsp3) is 0.200. The molecule has 1 saturated heterocycles. The highest BCUT2D eigenvalue weighted by atomic mass is 79.9. The van der Waals surface area contributed by atoms with Crippen LogP contribution in [0.2, 0.25) is 0 Å². The number of carbonyl (C=O) groups is 2. The van der Waals surface area contributed by atoms with Gasteiger partial charge in [-0.2, -0.15) is 0 Å². The van der Waals surface area contributed by atoms with Gasteiger partial charge in [-0.3, -0.25) is 14.5 Å². The molecule has 0 atom stereocenters. The predicted molar refractivity (Wildman–Crippen MR) is 112 cm³/mol. The van der Waals surface area contributed by atoms with E-state index in [0.717, 1.165) is 21.8 Å². The van der Waals surface area contributed by atoms with E-state index < -0.39 is 0 Å². The number of ether oxygens (including phenoxy) is 3. The van der Waals surface area contributed by atoms with Crippen LogP contribution in [-0.2, 0) is 11.3 Å². The molecule has 1 aliphatic rings. The van der Waals surface area contributed by atoms with Gasteiger partial charge in [-0.05, 0) is 53.2 Å². The summed E-state index contributed by atoms with van der Waals surface area (Å²) in [5, 5.41) is -0.299. The summed E-state index contributed by atoms with van der Waals surface area (Å²) >= 11 is 4.28. The zero-order valence-electron chi connectivity index (χ0n) is 15.5. The first kappa shape index (κ1) is 20.3. The largest absolute Gasteiger partial charge is 0.493 e. The Morgan fingerprint density at radius 3 is 2.14 bits per heavy atom. The molecular formula is C20H18BrNO5S. The number of imide groups is 1. The monoisotopic (exact) mass is 463 g/mol. The molecule has 0 saturated carbocycles. The summed E-state index contributed by atoms with van der Waals surface area (Å²) in [5.74, 6) is 1.08. The Morgan fingerprint density at radius 2 is 1.61 bits per heavy atom. The molecule has 0 aromatic heterocycles. The molecule has 2 aromatic rings. The highest BCUT2D eigenvalue weighted by Crippen LogP contribution is 2.40. The zero-order valence-corrected chi connectivity index (χ0v) is 17.9. The number of amides is 2. The molecule has 28 heavy (non-hydrogen) atoms. The third kappa shape index (κ3) is 4.18. The molecule has 1 aliphatic heterocycles. The van der Waals surface area contributed by atoms with Gasteiger partial charge in [0.25, 0.3) is 11.1 Å². The van der Waals surface area contributed by atoms with Crippen molar-refractivity contribution in [1.82, 2.24) is 4.90 Å². The van der Waals surface area contributed by atoms with Gasteiger partial charge in [0.2, 0.25) is 5.75 Å². The number of hydrogen-bond acceptors (Lipinski definition) is 6. The summed E-state index contributed by atoms with van der Waals surface area (Å²) in [6.45, 7) is 0.227. The van der Waals surface area contributed by atoms with E-state index in [-0.39, 0.29) is 17.7 Å². The summed E-state index contributed by atoms with van der Waals surface area (Å²) in [4.78, 5) is 26.7. The van der Waals surface area contributed by atoms with E-state index in [0.29, 0.717) is 27.7 Å². The number of hydrogen-bond donors (Lipinski definition) is 0. The van der Waals surface area contributed by atoms with E-state index in [1.54, 1.807) is 18.2 Å². The summed E-state index contributed by atoms with van der Waals surface area (Å²) < 4.78 is 16.9. The zero-order chi connectivity index (χ0) is 20.3. The lowest BCUT2D eigenvalue weighted by molar-refractivity contribution is -0.123. The van der Waals surface area contributed by atoms with Crippen LogP contribution in [0.5, 0.6) is 17.2 Å². The maximum Gasteiger partial charge on any atom is 0.293 e. The van der Waals surface area contributed by atoms with Crippen LogP contribution in [0.25, 0.3) is 6.08 Å². The Bertz CT molecular complexity index is 917. The first-order valence-electron chi connectivity index (χ1n) is 8.26. The van der Waals surface area contributed by atoms with Gasteiger partial charge in [-0.25, -0.2) is 0 Å². The van der Waals surface area contributed by atoms with Gasteiger partial charge in [0.05, 0.1) is 32.8 Å². The Balaban J connectivity index is 1.88. The Kier molecular flexibility index (Phi) is 6.31. The lowest BCUT2D eigenvalue weighted by atomic mass is 10.1. The van der Waals surface area contributed by atoms with E-state index in [2.05, 4.69) is 15.9 Å². The topological polar surface area (TPSA) is 65.1 Å². The molecule has 1 heterocycles. The number of halogens is 1. The Hall–Kier alpha value is -2.45. The first-order chi connectivity index (χ1) is 13.5. The molecule has 3 rings (SSSR count). The van der Waals surface area contributed by atoms with Crippen molar-refractivity contribution >= 4 is 44.9 Å². The van der Waals surface area contributed by atoms with Gasteiger partial charge >= 0.3 is 0 Å². The van der Waals surface area contributed by atoms with Gasteiger partial charge in [0, 0.05) is 4.47 Å². The second kappa shape index (κ2) is 8.70. The number of nitrogens with zero attached hydrogens (tertiary/aromatic N) is 1. The van der Waals surface area contributed by atoms with E-state index >= 15 is 0 Å². The van der Waals surface area contributed by atoms with Crippen molar-refractivity contribution in [1.29, 1.82) is 0 Å². The minimum atomic E-state index is -0.327. The minimum Gasteiger partial charge on any atom is -0.493 e. The minimum absolute atomic E-state index is 0.227. The maximum absolute atomic E-state index is 12.7. The van der Waals surface area contributed by atoms with E-state index in [9.17, 15) is 9.59 Å². The standard InChI is InChI=1S/C20H18BrNO5S/c1-25-15-8-13(9-16(26-2)18(15)27-3)10-17-19(23)22(20(24)28-17)11-12-4-6-14(21)7-5-12/h4-10H,11H2,1-3H3/b17-10-. The number of benzene rings is 2. The van der Waals surface area contributed by atoms with Crippen molar-refractivity contribution in [2.75, 3.05) is 21.3 Å². The van der Waals surface area contributed by atoms with Gasteiger partial charge in [0.1, 0.15) is 0 Å². The molecule has 0 bridgehead atoms. The number of methoxy groups -OCH3 is 3. The summed E-state index contributed by atoms with van der Waals surface area (Å²) in [7, 11) is 4.56. The number of carbonyl (C=O) groups excluding carboxylic acids is 2. The van der Waals surface area contributed by atoms with Crippen LogP contribution in [0.4, 0.5) is 4.79 Å². The highest BCUT2D eigenvalue weighted by molar-refractivity contribution is 9.10. The quantitative estimate of drug-likeness (QED) is 0.577. The summed E-state index contributed by atoms with van der Waals surface area (Å²) in [6, 6.07) is 10.9. The molecule has 2 aromatic carbocycles. The number of rotatable bonds is 6. The van der Waals surface area contributed by atoms with Crippen LogP contribution < -0.4 is 14.2 Å². The maximum atomic E-state index is 12.7. The number of thioether (sulfide) groups is 1. The van der Waals surface area contributed by atoms with E-state index in [4.69, 9.17) is 14.2 Å². The van der Waals surface area contributed by atoms with Gasteiger partial charge < -0.3 is 14.2 Å². The molecule has 0 N–H and O–H groups in total. The predicted octanol–water partition coefficient (Wildman–Crippen LogP) is 4.71. The molecule has 0 aliphatic carbocycles. The second-order valence-electron chi connectivity index (χ2n) is 5.85. The molecule has 0 spiro atoms. The van der Waals surface area contributed by atoms with Crippen LogP contribution in [-0.4, -0.2) is 37.4 Å². The average molecular weight is 464 g/mol. The fourth-order valence-corrected chi connectivity index (χ4v) is 3.85. The van der Waals surface area contributed by atoms with Gasteiger partial charge in [0.15, 0.2) is 11.5 Å². The highest BCUT2D eigenvalue weighted by Gasteiger charge is 2.35. The fourth-order valence-electron chi connectivity index (χ4n) is 2.74. The third-order valence-corrected chi connectivity index (χ3v) is 5.55. The van der Waals surface area contributed by atoms with Crippen molar-refractivity contribution < 1.29 is 23.8 Å². The summed E-state index contributed by atoms with van der Waals surface area (Å²) in [6.07, 6.45) is 1.65. The van der Waals surface area contributed by atoms with Crippen molar-refractivity contribution in [2.24, 2.45) is 0 Å². The van der Waals surface area contributed by atoms with Crippen LogP contribution in [0.15, 0.2) is 45.8 Å². The second-order valence-corrected chi connectivity index (χ2v) is 7.76. The lowest BCUT2D eigenvalue weighted by Crippen LogP contribution is -2.27. The van der Waals surface area contributed by atoms with Crippen molar-refractivity contribution in [3.8, 4) is 17.2 Å². The Morgan fingerprint density at radius 1 is 1.00 bits per heavy atom. The van der Waals surface area contributed by atoms with Gasteiger partial charge in [-0.1, -0.05) is 28.1 Å². The van der Waals surface area contributed by atoms with Crippen LogP contribution >= 0.6 is 27.7 Å². The summed E-state index contributed by atoms with van der Waals surface area (Å²) in [5.41, 5.74) is 1.54. The normalized spacial score (nSPS) is 15.3. The van der Waals surface area contributed by atoms with E-state index in [1.165, 1.54) is 26.2 Å². The molecule has 0 radical (unpaired) electrons.